The average molecular weight is 486 g/mol. The summed E-state index contributed by atoms with van der Waals surface area (Å²) in [4.78, 5) is 47.2. The maximum Gasteiger partial charge on any atom is 0.326 e. The van der Waals surface area contributed by atoms with Gasteiger partial charge in [0, 0.05) is 54.1 Å². The number of aliphatic carboxylic acids is 1. The number of rotatable bonds is 8. The predicted molar refractivity (Wildman–Crippen MR) is 140 cm³/mol. The molecule has 1 fully saturated rings. The highest BCUT2D eigenvalue weighted by molar-refractivity contribution is 5.92. The number of hydrogen-bond donors (Lipinski definition) is 3. The van der Waals surface area contributed by atoms with E-state index in [4.69, 9.17) is 0 Å². The fraction of sp³-hybridized carbons (Fsp3) is 0.296. The van der Waals surface area contributed by atoms with Gasteiger partial charge >= 0.3 is 5.97 Å². The number of nitrogens with one attached hydrogen (secondary N) is 2. The van der Waals surface area contributed by atoms with Gasteiger partial charge in [-0.3, -0.25) is 14.6 Å². The van der Waals surface area contributed by atoms with Crippen LogP contribution in [-0.4, -0.2) is 39.7 Å². The van der Waals surface area contributed by atoms with E-state index in [2.05, 4.69) is 20.6 Å². The van der Waals surface area contributed by atoms with Crippen LogP contribution in [0.3, 0.4) is 0 Å². The van der Waals surface area contributed by atoms with E-state index >= 15 is 0 Å². The van der Waals surface area contributed by atoms with Gasteiger partial charge in [0.05, 0.1) is 0 Å². The zero-order chi connectivity index (χ0) is 25.2. The number of piperidine rings is 1. The van der Waals surface area contributed by atoms with Gasteiger partial charge in [-0.15, -0.1) is 0 Å². The zero-order valence-corrected chi connectivity index (χ0v) is 19.9. The third kappa shape index (κ3) is 4.51. The number of carboxylic acid groups (broad SMARTS) is 1. The van der Waals surface area contributed by atoms with Crippen molar-refractivity contribution in [2.75, 3.05) is 22.1 Å². The number of benzene rings is 1. The van der Waals surface area contributed by atoms with Crippen LogP contribution in [0.4, 0.5) is 22.9 Å². The largest absolute Gasteiger partial charge is 0.480 e. The third-order valence-corrected chi connectivity index (χ3v) is 6.81. The molecule has 2 atom stereocenters. The summed E-state index contributed by atoms with van der Waals surface area (Å²) in [6.45, 7) is 2.71. The summed E-state index contributed by atoms with van der Waals surface area (Å²) in [6, 6.07) is 10.3. The van der Waals surface area contributed by atoms with Crippen molar-refractivity contribution in [2.45, 2.75) is 44.7 Å². The normalized spacial score (nSPS) is 16.7. The van der Waals surface area contributed by atoms with E-state index in [1.54, 1.807) is 18.6 Å². The van der Waals surface area contributed by atoms with Crippen molar-refractivity contribution in [1.29, 1.82) is 0 Å². The first-order valence-corrected chi connectivity index (χ1v) is 12.1. The summed E-state index contributed by atoms with van der Waals surface area (Å²) in [6.07, 6.45) is 8.31. The summed E-state index contributed by atoms with van der Waals surface area (Å²) in [5.74, 6) is -0.385. The molecule has 1 saturated heterocycles. The fourth-order valence-electron chi connectivity index (χ4n) is 4.81. The standard InChI is InChI=1S/C27H27N5O4/c1-16-4-2-3-13-32(16)23-22(24(33)25(23)34)31-21(27(35)36)14-17-5-7-19(8-6-17)30-26-20-10-11-28-15-18(20)9-12-29-26/h5-12,15-16,21,31H,2-4,13-14H2,1H3,(H,29,30)(H,35,36). The molecule has 0 amide bonds. The maximum absolute atomic E-state index is 12.3. The molecule has 3 N–H and O–H groups in total. The molecule has 5 rings (SSSR count). The molecule has 3 heterocycles. The molecule has 1 aliphatic rings. The van der Waals surface area contributed by atoms with E-state index in [1.807, 2.05) is 48.2 Å². The average Bonchev–Trinajstić information content (AvgIpc) is 2.89. The maximum atomic E-state index is 12.3. The number of carbonyl (C=O) groups is 1. The van der Waals surface area contributed by atoms with Crippen LogP contribution in [0.2, 0.25) is 0 Å². The van der Waals surface area contributed by atoms with E-state index in [-0.39, 0.29) is 18.2 Å². The van der Waals surface area contributed by atoms with E-state index < -0.39 is 22.9 Å². The Morgan fingerprint density at radius 3 is 2.67 bits per heavy atom. The third-order valence-electron chi connectivity index (χ3n) is 6.81. The van der Waals surface area contributed by atoms with Gasteiger partial charge in [-0.2, -0.15) is 0 Å². The smallest absolute Gasteiger partial charge is 0.326 e. The summed E-state index contributed by atoms with van der Waals surface area (Å²) in [5, 5.41) is 17.9. The SMILES string of the molecule is CC1CCCCN1c1c(NC(Cc2ccc(Nc3nccc4cnccc34)cc2)C(=O)O)c(=O)c1=O. The van der Waals surface area contributed by atoms with E-state index in [0.717, 1.165) is 41.3 Å². The van der Waals surface area contributed by atoms with E-state index in [0.29, 0.717) is 18.1 Å². The van der Waals surface area contributed by atoms with Crippen molar-refractivity contribution in [1.82, 2.24) is 9.97 Å². The summed E-state index contributed by atoms with van der Waals surface area (Å²) in [5.41, 5.74) is 0.850. The quantitative estimate of drug-likeness (QED) is 0.322. The second kappa shape index (κ2) is 9.77. The first-order chi connectivity index (χ1) is 17.4. The van der Waals surface area contributed by atoms with Gasteiger partial charge in [0.1, 0.15) is 23.2 Å². The van der Waals surface area contributed by atoms with Crippen LogP contribution in [0.5, 0.6) is 0 Å². The minimum atomic E-state index is -1.09. The van der Waals surface area contributed by atoms with E-state index in [1.165, 1.54) is 0 Å². The minimum Gasteiger partial charge on any atom is -0.480 e. The monoisotopic (exact) mass is 485 g/mol. The second-order valence-corrected chi connectivity index (χ2v) is 9.24. The van der Waals surface area contributed by atoms with Gasteiger partial charge in [-0.05, 0) is 56.0 Å². The Balaban J connectivity index is 1.31. The molecule has 184 valence electrons. The molecule has 0 spiro atoms. The lowest BCUT2D eigenvalue weighted by Gasteiger charge is -2.37. The van der Waals surface area contributed by atoms with Crippen molar-refractivity contribution >= 4 is 39.6 Å². The molecule has 2 aromatic carbocycles. The molecule has 9 heteroatoms. The number of nitrogens with zero attached hydrogens (tertiary/aromatic N) is 3. The molecular weight excluding hydrogens is 458 g/mol. The van der Waals surface area contributed by atoms with Crippen LogP contribution in [0, 0.1) is 0 Å². The highest BCUT2D eigenvalue weighted by atomic mass is 16.4. The lowest BCUT2D eigenvalue weighted by molar-refractivity contribution is -0.137. The van der Waals surface area contributed by atoms with Gasteiger partial charge in [0.2, 0.25) is 0 Å². The molecule has 1 aliphatic heterocycles. The van der Waals surface area contributed by atoms with Crippen LogP contribution in [0.15, 0.2) is 64.6 Å². The molecule has 36 heavy (non-hydrogen) atoms. The number of pyridine rings is 2. The Labute approximate surface area is 207 Å². The van der Waals surface area contributed by atoms with Gasteiger partial charge in [0.25, 0.3) is 10.9 Å². The highest BCUT2D eigenvalue weighted by Gasteiger charge is 2.32. The highest BCUT2D eigenvalue weighted by Crippen LogP contribution is 2.29. The van der Waals surface area contributed by atoms with Crippen LogP contribution in [0.25, 0.3) is 10.8 Å². The molecule has 0 radical (unpaired) electrons. The number of fused-ring (bicyclic) bond motifs is 1. The summed E-state index contributed by atoms with van der Waals surface area (Å²) < 4.78 is 0. The van der Waals surface area contributed by atoms with Crippen LogP contribution in [0.1, 0.15) is 31.7 Å². The zero-order valence-electron chi connectivity index (χ0n) is 19.9. The Morgan fingerprint density at radius 1 is 1.11 bits per heavy atom. The molecule has 4 aromatic rings. The van der Waals surface area contributed by atoms with Gasteiger partial charge in [0.15, 0.2) is 0 Å². The lowest BCUT2D eigenvalue weighted by atomic mass is 9.99. The predicted octanol–water partition coefficient (Wildman–Crippen LogP) is 3.46. The van der Waals surface area contributed by atoms with Gasteiger partial charge < -0.3 is 20.6 Å². The molecule has 2 unspecified atom stereocenters. The molecule has 2 aromatic heterocycles. The second-order valence-electron chi connectivity index (χ2n) is 9.24. The van der Waals surface area contributed by atoms with Crippen LogP contribution in [-0.2, 0) is 11.2 Å². The van der Waals surface area contributed by atoms with E-state index in [9.17, 15) is 19.5 Å². The Bertz CT molecular complexity index is 1470. The van der Waals surface area contributed by atoms with Crippen molar-refractivity contribution < 1.29 is 9.90 Å². The number of anilines is 4. The molecule has 9 nitrogen and oxygen atoms in total. The van der Waals surface area contributed by atoms with Crippen molar-refractivity contribution in [3.8, 4) is 0 Å². The Kier molecular flexibility index (Phi) is 6.37. The molecule has 0 aliphatic carbocycles. The number of hydrogen-bond acceptors (Lipinski definition) is 8. The molecular formula is C27H27N5O4. The minimum absolute atomic E-state index is 0.121. The van der Waals surface area contributed by atoms with Crippen LogP contribution >= 0.6 is 0 Å². The summed E-state index contributed by atoms with van der Waals surface area (Å²) >= 11 is 0. The Morgan fingerprint density at radius 2 is 1.92 bits per heavy atom. The first kappa shape index (κ1) is 23.5. The van der Waals surface area contributed by atoms with Crippen LogP contribution < -0.4 is 26.4 Å². The Hall–Kier alpha value is -4.27. The topological polar surface area (TPSA) is 125 Å². The fourth-order valence-corrected chi connectivity index (χ4v) is 4.81. The molecule has 0 saturated carbocycles. The van der Waals surface area contributed by atoms with Crippen molar-refractivity contribution in [2.24, 2.45) is 0 Å². The van der Waals surface area contributed by atoms with Crippen molar-refractivity contribution in [3.05, 3.63) is 81.0 Å². The lowest BCUT2D eigenvalue weighted by Crippen LogP contribution is -2.49. The first-order valence-electron chi connectivity index (χ1n) is 12.1. The molecule has 0 bridgehead atoms. The number of aromatic nitrogens is 2. The van der Waals surface area contributed by atoms with Crippen molar-refractivity contribution in [3.63, 3.8) is 0 Å². The number of carboxylic acids is 1. The summed E-state index contributed by atoms with van der Waals surface area (Å²) in [7, 11) is 0. The van der Waals surface area contributed by atoms with Gasteiger partial charge in [-0.1, -0.05) is 12.1 Å². The van der Waals surface area contributed by atoms with Gasteiger partial charge in [-0.25, -0.2) is 9.78 Å².